The number of benzene rings is 2. The summed E-state index contributed by atoms with van der Waals surface area (Å²) in [7, 11) is 3.07. The Morgan fingerprint density at radius 2 is 1.88 bits per heavy atom. The maximum Gasteiger partial charge on any atom is 0.280 e. The number of furan rings is 1. The van der Waals surface area contributed by atoms with E-state index in [1.807, 2.05) is 13.8 Å². The number of methoxy groups -OCH3 is 2. The molecule has 0 saturated carbocycles. The van der Waals surface area contributed by atoms with E-state index in [9.17, 15) is 19.7 Å². The third-order valence-corrected chi connectivity index (χ3v) is 8.28. The van der Waals surface area contributed by atoms with Gasteiger partial charge in [0.15, 0.2) is 4.80 Å². The van der Waals surface area contributed by atoms with Crippen LogP contribution >= 0.6 is 11.3 Å². The summed E-state index contributed by atoms with van der Waals surface area (Å²) in [6.45, 7) is 6.53. The number of nitro groups is 1. The van der Waals surface area contributed by atoms with Gasteiger partial charge < -0.3 is 18.8 Å². The van der Waals surface area contributed by atoms with Crippen molar-refractivity contribution in [2.75, 3.05) is 27.3 Å². The number of thiazole rings is 1. The van der Waals surface area contributed by atoms with Crippen LogP contribution in [0.3, 0.4) is 0 Å². The smallest absolute Gasteiger partial charge is 0.280 e. The minimum absolute atomic E-state index is 0.0871. The van der Waals surface area contributed by atoms with Crippen molar-refractivity contribution in [1.82, 2.24) is 9.47 Å². The molecule has 0 aliphatic carbocycles. The van der Waals surface area contributed by atoms with Crippen LogP contribution in [0.25, 0.3) is 17.4 Å². The lowest BCUT2D eigenvalue weighted by molar-refractivity contribution is -0.384. The number of allylic oxidation sites excluding steroid dienone is 1. The number of aromatic nitrogens is 1. The van der Waals surface area contributed by atoms with E-state index in [1.165, 1.54) is 17.7 Å². The molecule has 1 aliphatic rings. The molecule has 0 saturated heterocycles. The van der Waals surface area contributed by atoms with Crippen molar-refractivity contribution in [2.45, 2.75) is 26.8 Å². The number of nitro benzene ring substituents is 1. The molecule has 0 spiro atoms. The van der Waals surface area contributed by atoms with Crippen molar-refractivity contribution < 1.29 is 23.6 Å². The number of carbonyl (C=O) groups excluding carboxylic acids is 1. The first-order valence-corrected chi connectivity index (χ1v) is 14.4. The molecule has 3 heterocycles. The minimum Gasteiger partial charge on any atom is -0.497 e. The van der Waals surface area contributed by atoms with Crippen molar-refractivity contribution in [3.05, 3.63) is 107 Å². The van der Waals surface area contributed by atoms with E-state index in [-0.39, 0.29) is 17.2 Å². The minimum atomic E-state index is -0.837. The summed E-state index contributed by atoms with van der Waals surface area (Å²) in [5.74, 6) is 1.44. The molecule has 11 nitrogen and oxygen atoms in total. The monoisotopic (exact) mass is 602 g/mol. The number of amides is 1. The summed E-state index contributed by atoms with van der Waals surface area (Å²) >= 11 is 1.16. The van der Waals surface area contributed by atoms with E-state index < -0.39 is 11.0 Å². The molecule has 5 rings (SSSR count). The quantitative estimate of drug-likeness (QED) is 0.206. The number of likely N-dealkylation sites (N-methyl/N-ethyl adjacent to an activating group) is 1. The molecule has 1 aliphatic heterocycles. The SMILES string of the molecule is CCN(CC)C(=O)C1=C(C)N=c2s/c(=C/c3ccc(-c4ccccc4[N+](=O)[O-])o3)c(=O)n2[C@@H]1c1cc(OC)ccc1OC. The lowest BCUT2D eigenvalue weighted by Gasteiger charge is -2.30. The molecule has 43 heavy (non-hydrogen) atoms. The lowest BCUT2D eigenvalue weighted by Crippen LogP contribution is -2.43. The van der Waals surface area contributed by atoms with Gasteiger partial charge in [0.1, 0.15) is 29.1 Å². The van der Waals surface area contributed by atoms with Crippen molar-refractivity contribution >= 4 is 29.0 Å². The number of nitrogens with zero attached hydrogens (tertiary/aromatic N) is 4. The normalized spacial score (nSPS) is 14.7. The number of fused-ring (bicyclic) bond motifs is 1. The van der Waals surface area contributed by atoms with E-state index in [0.29, 0.717) is 67.8 Å². The van der Waals surface area contributed by atoms with Crippen LogP contribution < -0.4 is 24.4 Å². The summed E-state index contributed by atoms with van der Waals surface area (Å²) in [6, 6.07) is 14.0. The van der Waals surface area contributed by atoms with Crippen LogP contribution in [0.2, 0.25) is 0 Å². The van der Waals surface area contributed by atoms with Crippen molar-refractivity contribution in [3.8, 4) is 22.8 Å². The average Bonchev–Trinajstić information content (AvgIpc) is 3.60. The number of para-hydroxylation sites is 1. The maximum absolute atomic E-state index is 14.1. The molecule has 0 bridgehead atoms. The molecule has 4 aromatic rings. The molecule has 0 radical (unpaired) electrons. The second-order valence-corrected chi connectivity index (χ2v) is 10.7. The zero-order valence-electron chi connectivity index (χ0n) is 24.3. The highest BCUT2D eigenvalue weighted by Crippen LogP contribution is 2.38. The van der Waals surface area contributed by atoms with E-state index in [2.05, 4.69) is 0 Å². The third kappa shape index (κ3) is 5.37. The van der Waals surface area contributed by atoms with Crippen LogP contribution in [0.1, 0.15) is 38.1 Å². The van der Waals surface area contributed by atoms with Gasteiger partial charge in [0.25, 0.3) is 17.2 Å². The predicted molar refractivity (Wildman–Crippen MR) is 162 cm³/mol. The van der Waals surface area contributed by atoms with Gasteiger partial charge in [-0.3, -0.25) is 24.3 Å². The molecule has 12 heteroatoms. The second kappa shape index (κ2) is 12.1. The van der Waals surface area contributed by atoms with E-state index in [0.717, 1.165) is 11.3 Å². The standard InChI is InChI=1S/C31H30N4O7S/c1-6-33(7-2)30(37)27-18(3)32-31-34(28(27)22-16-19(40-4)12-14-24(22)41-5)29(36)26(43-31)17-20-13-15-25(42-20)21-10-8-9-11-23(21)35(38)39/h8-17,28H,6-7H2,1-5H3/b26-17+/t28-/m1/s1. The van der Waals surface area contributed by atoms with Gasteiger partial charge >= 0.3 is 0 Å². The van der Waals surface area contributed by atoms with Crippen molar-refractivity contribution in [2.24, 2.45) is 4.99 Å². The molecule has 1 atom stereocenters. The number of carbonyl (C=O) groups is 1. The fraction of sp³-hybridized carbons (Fsp3) is 0.258. The fourth-order valence-electron chi connectivity index (χ4n) is 5.17. The molecule has 2 aromatic heterocycles. The molecular formula is C31H30N4O7S. The van der Waals surface area contributed by atoms with Crippen LogP contribution in [0, 0.1) is 10.1 Å². The molecule has 0 fully saturated rings. The largest absolute Gasteiger partial charge is 0.497 e. The Hall–Kier alpha value is -4.97. The van der Waals surface area contributed by atoms with Crippen LogP contribution in [0.5, 0.6) is 11.5 Å². The molecule has 0 unspecified atom stereocenters. The molecule has 1 amide bonds. The Balaban J connectivity index is 1.70. The first kappa shape index (κ1) is 29.5. The molecule has 222 valence electrons. The van der Waals surface area contributed by atoms with Crippen LogP contribution in [0.15, 0.2) is 80.1 Å². The Labute approximate surface area is 250 Å². The molecule has 0 N–H and O–H groups in total. The van der Waals surface area contributed by atoms with Gasteiger partial charge in [-0.1, -0.05) is 23.5 Å². The Kier molecular flexibility index (Phi) is 8.31. The molecular weight excluding hydrogens is 572 g/mol. The summed E-state index contributed by atoms with van der Waals surface area (Å²) in [4.78, 5) is 45.8. The Bertz CT molecular complexity index is 1930. The lowest BCUT2D eigenvalue weighted by atomic mass is 9.93. The van der Waals surface area contributed by atoms with E-state index in [1.54, 1.807) is 73.5 Å². The van der Waals surface area contributed by atoms with Gasteiger partial charge in [0.05, 0.1) is 40.5 Å². The number of rotatable bonds is 9. The van der Waals surface area contributed by atoms with Crippen LogP contribution in [-0.4, -0.2) is 47.6 Å². The van der Waals surface area contributed by atoms with E-state index in [4.69, 9.17) is 18.9 Å². The fourth-order valence-corrected chi connectivity index (χ4v) is 6.20. The maximum atomic E-state index is 14.1. The zero-order chi connectivity index (χ0) is 30.8. The first-order chi connectivity index (χ1) is 20.7. The van der Waals surface area contributed by atoms with Gasteiger partial charge in [-0.15, -0.1) is 0 Å². The highest BCUT2D eigenvalue weighted by molar-refractivity contribution is 7.07. The van der Waals surface area contributed by atoms with Crippen LogP contribution in [-0.2, 0) is 4.79 Å². The average molecular weight is 603 g/mol. The topological polar surface area (TPSA) is 129 Å². The van der Waals surface area contributed by atoms with Crippen LogP contribution in [0.4, 0.5) is 5.69 Å². The first-order valence-electron chi connectivity index (χ1n) is 13.6. The molecule has 2 aromatic carbocycles. The second-order valence-electron chi connectivity index (χ2n) is 9.64. The number of hydrogen-bond donors (Lipinski definition) is 0. The third-order valence-electron chi connectivity index (χ3n) is 7.30. The van der Waals surface area contributed by atoms with Crippen molar-refractivity contribution in [3.63, 3.8) is 0 Å². The summed E-state index contributed by atoms with van der Waals surface area (Å²) in [5, 5.41) is 11.5. The summed E-state index contributed by atoms with van der Waals surface area (Å²) in [6.07, 6.45) is 1.58. The Morgan fingerprint density at radius 1 is 1.14 bits per heavy atom. The summed E-state index contributed by atoms with van der Waals surface area (Å²) in [5.41, 5.74) is 1.31. The van der Waals surface area contributed by atoms with Crippen molar-refractivity contribution in [1.29, 1.82) is 0 Å². The number of hydrogen-bond acceptors (Lipinski definition) is 9. The van der Waals surface area contributed by atoms with Gasteiger partial charge in [0.2, 0.25) is 0 Å². The van der Waals surface area contributed by atoms with E-state index >= 15 is 0 Å². The van der Waals surface area contributed by atoms with Gasteiger partial charge in [-0.2, -0.15) is 0 Å². The number of ether oxygens (including phenoxy) is 2. The summed E-state index contributed by atoms with van der Waals surface area (Å²) < 4.78 is 18.9. The van der Waals surface area contributed by atoms with Gasteiger partial charge in [-0.05, 0) is 57.2 Å². The van der Waals surface area contributed by atoms with Gasteiger partial charge in [-0.25, -0.2) is 4.99 Å². The predicted octanol–water partition coefficient (Wildman–Crippen LogP) is 4.29. The Morgan fingerprint density at radius 3 is 2.56 bits per heavy atom. The zero-order valence-corrected chi connectivity index (χ0v) is 25.1. The van der Waals surface area contributed by atoms with Gasteiger partial charge in [0, 0.05) is 30.8 Å². The highest BCUT2D eigenvalue weighted by Gasteiger charge is 2.36. The highest BCUT2D eigenvalue weighted by atomic mass is 32.1.